The van der Waals surface area contributed by atoms with Gasteiger partial charge in [0.2, 0.25) is 0 Å². The SMILES string of the molecule is CCC(O[SiH3])(c1ccccc1)c1ccccc1. The maximum absolute atomic E-state index is 6.00. The number of benzene rings is 2. The second-order valence-electron chi connectivity index (χ2n) is 4.12. The van der Waals surface area contributed by atoms with E-state index in [1.807, 2.05) is 12.1 Å². The molecule has 2 heteroatoms. The molecule has 1 nitrogen and oxygen atoms in total. The lowest BCUT2D eigenvalue weighted by Gasteiger charge is -2.33. The van der Waals surface area contributed by atoms with Crippen molar-refractivity contribution >= 4 is 10.5 Å². The molecule has 0 aliphatic heterocycles. The van der Waals surface area contributed by atoms with E-state index in [1.165, 1.54) is 11.1 Å². The second kappa shape index (κ2) is 5.30. The molecular formula is C15H18OSi. The molecule has 0 saturated heterocycles. The van der Waals surface area contributed by atoms with Gasteiger partial charge < -0.3 is 4.43 Å². The van der Waals surface area contributed by atoms with E-state index in [9.17, 15) is 0 Å². The monoisotopic (exact) mass is 242 g/mol. The largest absolute Gasteiger partial charge is 0.414 e. The molecule has 0 unspecified atom stereocenters. The molecule has 0 heterocycles. The average Bonchev–Trinajstić information content (AvgIpc) is 2.43. The zero-order chi connectivity index (χ0) is 12.1. The van der Waals surface area contributed by atoms with Gasteiger partial charge >= 0.3 is 0 Å². The van der Waals surface area contributed by atoms with E-state index in [-0.39, 0.29) is 5.60 Å². The van der Waals surface area contributed by atoms with Gasteiger partial charge in [0, 0.05) is 0 Å². The summed E-state index contributed by atoms with van der Waals surface area (Å²) in [6, 6.07) is 21.0. The fraction of sp³-hybridized carbons (Fsp3) is 0.200. The summed E-state index contributed by atoms with van der Waals surface area (Å²) in [5.41, 5.74) is 2.21. The molecule has 0 saturated carbocycles. The predicted octanol–water partition coefficient (Wildman–Crippen LogP) is 2.64. The number of hydrogen-bond acceptors (Lipinski definition) is 1. The van der Waals surface area contributed by atoms with Crippen molar-refractivity contribution in [3.63, 3.8) is 0 Å². The Balaban J connectivity index is 2.54. The molecule has 2 aromatic carbocycles. The zero-order valence-corrected chi connectivity index (χ0v) is 12.4. The van der Waals surface area contributed by atoms with Crippen molar-refractivity contribution in [1.82, 2.24) is 0 Å². The van der Waals surface area contributed by atoms with E-state index in [0.29, 0.717) is 0 Å². The van der Waals surface area contributed by atoms with Crippen LogP contribution in [0.3, 0.4) is 0 Å². The first-order valence-electron chi connectivity index (χ1n) is 5.99. The van der Waals surface area contributed by atoms with Crippen molar-refractivity contribution in [3.8, 4) is 0 Å². The molecule has 0 radical (unpaired) electrons. The molecule has 0 amide bonds. The van der Waals surface area contributed by atoms with Crippen LogP contribution in [0, 0.1) is 0 Å². The van der Waals surface area contributed by atoms with Gasteiger partial charge in [-0.3, -0.25) is 0 Å². The van der Waals surface area contributed by atoms with Gasteiger partial charge in [0.25, 0.3) is 0 Å². The molecule has 2 rings (SSSR count). The first kappa shape index (κ1) is 12.1. The Labute approximate surface area is 106 Å². The van der Waals surface area contributed by atoms with Crippen molar-refractivity contribution in [2.75, 3.05) is 0 Å². The maximum atomic E-state index is 6.00. The van der Waals surface area contributed by atoms with E-state index < -0.39 is 0 Å². The third-order valence-corrected chi connectivity index (χ3v) is 4.02. The summed E-state index contributed by atoms with van der Waals surface area (Å²) in [6.07, 6.45) is 0.949. The third kappa shape index (κ3) is 2.19. The zero-order valence-electron chi connectivity index (χ0n) is 10.4. The summed E-state index contributed by atoms with van der Waals surface area (Å²) in [5, 5.41) is 0. The van der Waals surface area contributed by atoms with E-state index in [4.69, 9.17) is 4.43 Å². The van der Waals surface area contributed by atoms with Gasteiger partial charge in [0.05, 0.1) is 0 Å². The molecule has 17 heavy (non-hydrogen) atoms. The smallest absolute Gasteiger partial charge is 0.147 e. The number of rotatable bonds is 4. The lowest BCUT2D eigenvalue weighted by Crippen LogP contribution is -2.29. The molecule has 0 aliphatic carbocycles. The van der Waals surface area contributed by atoms with Gasteiger partial charge in [-0.05, 0) is 17.5 Å². The standard InChI is InChI=1S/C15H18OSi/c1-2-15(16-17,13-9-5-3-6-10-13)14-11-7-4-8-12-14/h3-12H,2H2,1,17H3. The third-order valence-electron chi connectivity index (χ3n) is 3.33. The minimum atomic E-state index is -0.269. The van der Waals surface area contributed by atoms with Crippen LogP contribution in [0.1, 0.15) is 24.5 Å². The van der Waals surface area contributed by atoms with Gasteiger partial charge in [-0.15, -0.1) is 0 Å². The summed E-state index contributed by atoms with van der Waals surface area (Å²) in [5.74, 6) is 0. The highest BCUT2D eigenvalue weighted by molar-refractivity contribution is 5.98. The van der Waals surface area contributed by atoms with Gasteiger partial charge in [0.15, 0.2) is 0 Å². The van der Waals surface area contributed by atoms with Crippen LogP contribution in [0.5, 0.6) is 0 Å². The summed E-state index contributed by atoms with van der Waals surface area (Å²) in [7, 11) is 0.725. The topological polar surface area (TPSA) is 9.23 Å². The van der Waals surface area contributed by atoms with E-state index in [1.54, 1.807) is 0 Å². The van der Waals surface area contributed by atoms with Crippen LogP contribution in [0.25, 0.3) is 0 Å². The van der Waals surface area contributed by atoms with Gasteiger partial charge in [-0.25, -0.2) is 0 Å². The van der Waals surface area contributed by atoms with Crippen LogP contribution >= 0.6 is 0 Å². The molecular weight excluding hydrogens is 224 g/mol. The summed E-state index contributed by atoms with van der Waals surface area (Å²) < 4.78 is 6.00. The average molecular weight is 242 g/mol. The molecule has 0 bridgehead atoms. The van der Waals surface area contributed by atoms with Crippen LogP contribution in [0.15, 0.2) is 60.7 Å². The van der Waals surface area contributed by atoms with E-state index >= 15 is 0 Å². The van der Waals surface area contributed by atoms with Crippen molar-refractivity contribution in [2.45, 2.75) is 18.9 Å². The highest BCUT2D eigenvalue weighted by atomic mass is 28.2. The fourth-order valence-electron chi connectivity index (χ4n) is 2.37. The molecule has 0 spiro atoms. The molecule has 0 atom stereocenters. The Morgan fingerprint density at radius 3 is 1.59 bits per heavy atom. The highest BCUT2D eigenvalue weighted by Crippen LogP contribution is 2.35. The molecule has 0 aliphatic rings. The van der Waals surface area contributed by atoms with Crippen LogP contribution < -0.4 is 0 Å². The minimum Gasteiger partial charge on any atom is -0.414 e. The van der Waals surface area contributed by atoms with Crippen molar-refractivity contribution in [1.29, 1.82) is 0 Å². The van der Waals surface area contributed by atoms with Crippen LogP contribution in [-0.4, -0.2) is 10.5 Å². The van der Waals surface area contributed by atoms with Crippen molar-refractivity contribution in [3.05, 3.63) is 71.8 Å². The van der Waals surface area contributed by atoms with Gasteiger partial charge in [-0.1, -0.05) is 67.6 Å². The van der Waals surface area contributed by atoms with Gasteiger partial charge in [-0.2, -0.15) is 0 Å². The number of hydrogen-bond donors (Lipinski definition) is 0. The maximum Gasteiger partial charge on any atom is 0.147 e. The van der Waals surface area contributed by atoms with E-state index in [0.717, 1.165) is 16.9 Å². The van der Waals surface area contributed by atoms with Crippen molar-refractivity contribution < 1.29 is 4.43 Å². The fourth-order valence-corrected chi connectivity index (χ4v) is 3.13. The summed E-state index contributed by atoms with van der Waals surface area (Å²) in [6.45, 7) is 2.18. The van der Waals surface area contributed by atoms with Crippen LogP contribution in [0.2, 0.25) is 0 Å². The normalized spacial score (nSPS) is 11.6. The molecule has 88 valence electrons. The molecule has 0 aromatic heterocycles. The van der Waals surface area contributed by atoms with Crippen LogP contribution in [-0.2, 0) is 10.0 Å². The highest BCUT2D eigenvalue weighted by Gasteiger charge is 2.31. The molecule has 0 fully saturated rings. The van der Waals surface area contributed by atoms with E-state index in [2.05, 4.69) is 55.5 Å². The Morgan fingerprint density at radius 2 is 1.29 bits per heavy atom. The summed E-state index contributed by atoms with van der Waals surface area (Å²) >= 11 is 0. The van der Waals surface area contributed by atoms with Crippen LogP contribution in [0.4, 0.5) is 0 Å². The van der Waals surface area contributed by atoms with Gasteiger partial charge in [0.1, 0.15) is 16.1 Å². The molecule has 2 aromatic rings. The predicted molar refractivity (Wildman–Crippen MR) is 75.0 cm³/mol. The Kier molecular flexibility index (Phi) is 3.77. The Morgan fingerprint density at radius 1 is 0.882 bits per heavy atom. The first-order valence-corrected chi connectivity index (χ1v) is 6.81. The lowest BCUT2D eigenvalue weighted by molar-refractivity contribution is 0.120. The Hall–Kier alpha value is -1.38. The van der Waals surface area contributed by atoms with Crippen molar-refractivity contribution in [2.24, 2.45) is 0 Å². The Bertz CT molecular complexity index is 407. The minimum absolute atomic E-state index is 0.269. The quantitative estimate of drug-likeness (QED) is 0.749. The first-order chi connectivity index (χ1) is 8.33. The lowest BCUT2D eigenvalue weighted by atomic mass is 9.84. The summed E-state index contributed by atoms with van der Waals surface area (Å²) in [4.78, 5) is 0. The second-order valence-corrected chi connectivity index (χ2v) is 4.52. The molecule has 0 N–H and O–H groups in total.